The fourth-order valence-electron chi connectivity index (χ4n) is 5.31. The number of phenols is 1. The minimum absolute atomic E-state index is 0.0153. The largest absolute Gasteiger partial charge is 0.507 e. The van der Waals surface area contributed by atoms with Crippen molar-refractivity contribution in [3.8, 4) is 17.2 Å². The van der Waals surface area contributed by atoms with Crippen molar-refractivity contribution >= 4 is 5.69 Å². The van der Waals surface area contributed by atoms with Gasteiger partial charge in [0, 0.05) is 62.0 Å². The molecule has 2 fully saturated rings. The summed E-state index contributed by atoms with van der Waals surface area (Å²) in [6.45, 7) is 7.60. The summed E-state index contributed by atoms with van der Waals surface area (Å²) in [4.78, 5) is 4.83. The Labute approximate surface area is 213 Å². The van der Waals surface area contributed by atoms with Crippen molar-refractivity contribution in [3.05, 3.63) is 83.9 Å². The number of methoxy groups -OCH3 is 1. The van der Waals surface area contributed by atoms with Crippen LogP contribution in [0.5, 0.6) is 17.2 Å². The lowest BCUT2D eigenvalue weighted by Crippen LogP contribution is -2.47. The SMILES string of the molecule is COc1ccc(N2CCN(CCOc3ccc(C4NNC(C)C4c4ccccc4)c(O)c3)CC2)cc1. The second kappa shape index (κ2) is 11.2. The number of aromatic hydroxyl groups is 1. The first-order chi connectivity index (χ1) is 17.6. The minimum Gasteiger partial charge on any atom is -0.507 e. The van der Waals surface area contributed by atoms with E-state index in [1.807, 2.05) is 30.3 Å². The van der Waals surface area contributed by atoms with Gasteiger partial charge in [0.05, 0.1) is 13.2 Å². The molecule has 2 heterocycles. The monoisotopic (exact) mass is 488 g/mol. The molecule has 2 aliphatic rings. The molecule has 36 heavy (non-hydrogen) atoms. The Kier molecular flexibility index (Phi) is 7.60. The van der Waals surface area contributed by atoms with Crippen LogP contribution < -0.4 is 25.2 Å². The van der Waals surface area contributed by atoms with Crippen molar-refractivity contribution in [3.63, 3.8) is 0 Å². The van der Waals surface area contributed by atoms with Crippen LogP contribution in [0.15, 0.2) is 72.8 Å². The summed E-state index contributed by atoms with van der Waals surface area (Å²) in [5.41, 5.74) is 10.1. The average Bonchev–Trinajstić information content (AvgIpc) is 3.30. The van der Waals surface area contributed by atoms with Gasteiger partial charge < -0.3 is 19.5 Å². The fourth-order valence-corrected chi connectivity index (χ4v) is 5.31. The quantitative estimate of drug-likeness (QED) is 0.444. The maximum absolute atomic E-state index is 10.8. The molecule has 3 atom stereocenters. The van der Waals surface area contributed by atoms with Gasteiger partial charge in [-0.25, -0.2) is 5.43 Å². The first kappa shape index (κ1) is 24.4. The van der Waals surface area contributed by atoms with E-state index in [1.165, 1.54) is 11.3 Å². The number of hydrogen-bond donors (Lipinski definition) is 3. The van der Waals surface area contributed by atoms with Crippen molar-refractivity contribution < 1.29 is 14.6 Å². The fraction of sp³-hybridized carbons (Fsp3) is 0.379. The Bertz CT molecular complexity index is 1120. The number of benzene rings is 3. The van der Waals surface area contributed by atoms with Crippen LogP contribution in [0, 0.1) is 0 Å². The molecule has 190 valence electrons. The molecule has 0 amide bonds. The Morgan fingerprint density at radius 1 is 0.889 bits per heavy atom. The van der Waals surface area contributed by atoms with Crippen LogP contribution in [0.2, 0.25) is 0 Å². The van der Waals surface area contributed by atoms with Crippen LogP contribution in [0.4, 0.5) is 5.69 Å². The highest BCUT2D eigenvalue weighted by Gasteiger charge is 2.36. The molecule has 3 unspecified atom stereocenters. The predicted molar refractivity (Wildman–Crippen MR) is 143 cm³/mol. The molecule has 7 nitrogen and oxygen atoms in total. The molecule has 2 aliphatic heterocycles. The molecular formula is C29H36N4O3. The molecule has 5 rings (SSSR count). The number of nitrogens with zero attached hydrogens (tertiary/aromatic N) is 2. The Balaban J connectivity index is 1.12. The standard InChI is InChI=1S/C29H36N4O3/c1-21-28(22-6-4-3-5-7-22)29(31-30-21)26-13-12-25(20-27(26)34)36-19-18-32-14-16-33(17-15-32)23-8-10-24(35-2)11-9-23/h3-13,20-21,28-31,34H,14-19H2,1-2H3. The normalized spacial score (nSPS) is 22.5. The molecule has 0 saturated carbocycles. The summed E-state index contributed by atoms with van der Waals surface area (Å²) in [5.74, 6) is 2.06. The molecule has 0 bridgehead atoms. The van der Waals surface area contributed by atoms with Gasteiger partial charge in [-0.2, -0.15) is 0 Å². The van der Waals surface area contributed by atoms with Crippen molar-refractivity contribution in [2.24, 2.45) is 0 Å². The van der Waals surface area contributed by atoms with Crippen LogP contribution in [0.3, 0.4) is 0 Å². The first-order valence-electron chi connectivity index (χ1n) is 12.8. The van der Waals surface area contributed by atoms with E-state index in [9.17, 15) is 5.11 Å². The van der Waals surface area contributed by atoms with E-state index >= 15 is 0 Å². The number of piperazine rings is 1. The molecule has 0 aromatic heterocycles. The zero-order chi connectivity index (χ0) is 24.9. The predicted octanol–water partition coefficient (Wildman–Crippen LogP) is 3.92. The minimum atomic E-state index is -0.0153. The van der Waals surface area contributed by atoms with Gasteiger partial charge in [0.25, 0.3) is 0 Å². The van der Waals surface area contributed by atoms with E-state index < -0.39 is 0 Å². The first-order valence-corrected chi connectivity index (χ1v) is 12.8. The number of nitrogens with one attached hydrogen (secondary N) is 2. The van der Waals surface area contributed by atoms with E-state index in [0.717, 1.165) is 44.0 Å². The third kappa shape index (κ3) is 5.43. The summed E-state index contributed by atoms with van der Waals surface area (Å²) < 4.78 is 11.3. The van der Waals surface area contributed by atoms with Gasteiger partial charge in [-0.05, 0) is 42.8 Å². The van der Waals surface area contributed by atoms with E-state index in [4.69, 9.17) is 9.47 Å². The molecule has 0 radical (unpaired) electrons. The second-order valence-corrected chi connectivity index (χ2v) is 9.59. The van der Waals surface area contributed by atoms with E-state index in [0.29, 0.717) is 12.4 Å². The van der Waals surface area contributed by atoms with E-state index in [1.54, 1.807) is 13.2 Å². The van der Waals surface area contributed by atoms with Gasteiger partial charge in [0.1, 0.15) is 23.9 Å². The lowest BCUT2D eigenvalue weighted by Gasteiger charge is -2.36. The van der Waals surface area contributed by atoms with Gasteiger partial charge in [0.15, 0.2) is 0 Å². The summed E-state index contributed by atoms with van der Waals surface area (Å²) in [7, 11) is 1.69. The van der Waals surface area contributed by atoms with E-state index in [-0.39, 0.29) is 23.8 Å². The number of rotatable bonds is 8. The van der Waals surface area contributed by atoms with Crippen molar-refractivity contribution in [2.75, 3.05) is 51.3 Å². The van der Waals surface area contributed by atoms with Crippen LogP contribution >= 0.6 is 0 Å². The van der Waals surface area contributed by atoms with Crippen molar-refractivity contribution in [2.45, 2.75) is 24.9 Å². The van der Waals surface area contributed by atoms with Gasteiger partial charge in [-0.15, -0.1) is 0 Å². The van der Waals surface area contributed by atoms with Crippen LogP contribution in [-0.4, -0.2) is 62.5 Å². The lowest BCUT2D eigenvalue weighted by molar-refractivity contribution is 0.200. The maximum atomic E-state index is 10.8. The topological polar surface area (TPSA) is 69.2 Å². The summed E-state index contributed by atoms with van der Waals surface area (Å²) in [6, 6.07) is 24.6. The van der Waals surface area contributed by atoms with E-state index in [2.05, 4.69) is 64.0 Å². The second-order valence-electron chi connectivity index (χ2n) is 9.59. The summed E-state index contributed by atoms with van der Waals surface area (Å²) in [6.07, 6.45) is 0. The number of ether oxygens (including phenoxy) is 2. The molecular weight excluding hydrogens is 452 g/mol. The molecule has 2 saturated heterocycles. The smallest absolute Gasteiger partial charge is 0.124 e. The van der Waals surface area contributed by atoms with Crippen LogP contribution in [0.1, 0.15) is 30.0 Å². The molecule has 3 aromatic rings. The highest BCUT2D eigenvalue weighted by molar-refractivity contribution is 5.49. The molecule has 0 aliphatic carbocycles. The maximum Gasteiger partial charge on any atom is 0.124 e. The highest BCUT2D eigenvalue weighted by atomic mass is 16.5. The summed E-state index contributed by atoms with van der Waals surface area (Å²) in [5, 5.41) is 10.8. The molecule has 3 aromatic carbocycles. The number of hydrogen-bond acceptors (Lipinski definition) is 7. The summed E-state index contributed by atoms with van der Waals surface area (Å²) >= 11 is 0. The Morgan fingerprint density at radius 2 is 1.61 bits per heavy atom. The zero-order valence-electron chi connectivity index (χ0n) is 21.1. The van der Waals surface area contributed by atoms with Crippen molar-refractivity contribution in [1.29, 1.82) is 0 Å². The zero-order valence-corrected chi connectivity index (χ0v) is 21.1. The third-order valence-electron chi connectivity index (χ3n) is 7.37. The Morgan fingerprint density at radius 3 is 2.31 bits per heavy atom. The molecule has 3 N–H and O–H groups in total. The van der Waals surface area contributed by atoms with Gasteiger partial charge in [-0.3, -0.25) is 10.3 Å². The molecule has 7 heteroatoms. The number of phenolic OH excluding ortho intramolecular Hbond substituents is 1. The Hall–Kier alpha value is -3.26. The molecule has 0 spiro atoms. The van der Waals surface area contributed by atoms with Gasteiger partial charge in [-0.1, -0.05) is 36.4 Å². The average molecular weight is 489 g/mol. The van der Waals surface area contributed by atoms with Crippen LogP contribution in [0.25, 0.3) is 0 Å². The van der Waals surface area contributed by atoms with Gasteiger partial charge in [0.2, 0.25) is 0 Å². The number of hydrazine groups is 1. The highest BCUT2D eigenvalue weighted by Crippen LogP contribution is 2.41. The third-order valence-corrected chi connectivity index (χ3v) is 7.37. The number of anilines is 1. The lowest BCUT2D eigenvalue weighted by atomic mass is 9.84. The van der Waals surface area contributed by atoms with Crippen LogP contribution in [-0.2, 0) is 0 Å². The van der Waals surface area contributed by atoms with Gasteiger partial charge >= 0.3 is 0 Å². The van der Waals surface area contributed by atoms with Crippen molar-refractivity contribution in [1.82, 2.24) is 15.8 Å².